The van der Waals surface area contributed by atoms with Crippen molar-refractivity contribution in [2.24, 2.45) is 0 Å². The molecular formula is C15H15ClN2O4. The first-order valence-corrected chi connectivity index (χ1v) is 6.91. The lowest BCUT2D eigenvalue weighted by atomic mass is 10.2. The number of nitrogens with zero attached hydrogens (tertiary/aromatic N) is 1. The number of esters is 2. The van der Waals surface area contributed by atoms with Crippen LogP contribution < -0.4 is 5.32 Å². The minimum absolute atomic E-state index is 0.174. The van der Waals surface area contributed by atoms with Gasteiger partial charge >= 0.3 is 11.9 Å². The summed E-state index contributed by atoms with van der Waals surface area (Å²) in [5.41, 5.74) is 0.575. The molecule has 0 aliphatic carbocycles. The summed E-state index contributed by atoms with van der Waals surface area (Å²) < 4.78 is 9.59. The summed E-state index contributed by atoms with van der Waals surface area (Å²) in [4.78, 5) is 23.0. The van der Waals surface area contributed by atoms with E-state index in [1.165, 1.54) is 18.3 Å². The Morgan fingerprint density at radius 1 is 1.32 bits per heavy atom. The van der Waals surface area contributed by atoms with Gasteiger partial charge in [-0.3, -0.25) is 0 Å². The van der Waals surface area contributed by atoms with E-state index in [2.05, 4.69) is 5.32 Å². The van der Waals surface area contributed by atoms with Crippen LogP contribution in [-0.4, -0.2) is 25.2 Å². The molecule has 0 aliphatic rings. The van der Waals surface area contributed by atoms with Crippen LogP contribution in [0.4, 0.5) is 5.69 Å². The van der Waals surface area contributed by atoms with Crippen molar-refractivity contribution in [2.75, 3.05) is 18.5 Å². The van der Waals surface area contributed by atoms with Crippen molar-refractivity contribution >= 4 is 29.2 Å². The standard InChI is InChI=1S/C15H15ClN2O4/c1-3-21-14(19)10(8-17)9-18-11-5-6-12(13(16)7-11)15(20)22-4-2/h5-7,9,18H,3-4H2,1-2H3/b10-9-. The van der Waals surface area contributed by atoms with Crippen molar-refractivity contribution in [3.63, 3.8) is 0 Å². The molecule has 6 nitrogen and oxygen atoms in total. The normalized spacial score (nSPS) is 10.5. The summed E-state index contributed by atoms with van der Waals surface area (Å²) in [6.45, 7) is 3.78. The Morgan fingerprint density at radius 2 is 2.00 bits per heavy atom. The summed E-state index contributed by atoms with van der Waals surface area (Å²) in [7, 11) is 0. The van der Waals surface area contributed by atoms with Gasteiger partial charge in [0, 0.05) is 11.9 Å². The third-order valence-corrected chi connectivity index (χ3v) is 2.78. The van der Waals surface area contributed by atoms with Gasteiger partial charge in [0.1, 0.15) is 6.07 Å². The molecule has 1 rings (SSSR count). The molecule has 0 bridgehead atoms. The monoisotopic (exact) mass is 322 g/mol. The molecule has 116 valence electrons. The van der Waals surface area contributed by atoms with Crippen LogP contribution in [0.15, 0.2) is 30.0 Å². The summed E-state index contributed by atoms with van der Waals surface area (Å²) >= 11 is 6.00. The largest absolute Gasteiger partial charge is 0.462 e. The van der Waals surface area contributed by atoms with Gasteiger partial charge in [-0.1, -0.05) is 11.6 Å². The molecule has 0 aromatic heterocycles. The zero-order chi connectivity index (χ0) is 16.5. The summed E-state index contributed by atoms with van der Waals surface area (Å²) in [5, 5.41) is 11.8. The van der Waals surface area contributed by atoms with Gasteiger partial charge in [0.25, 0.3) is 0 Å². The lowest BCUT2D eigenvalue weighted by Crippen LogP contribution is -2.08. The highest BCUT2D eigenvalue weighted by Crippen LogP contribution is 2.22. The highest BCUT2D eigenvalue weighted by Gasteiger charge is 2.12. The molecule has 0 spiro atoms. The molecule has 1 aromatic carbocycles. The van der Waals surface area contributed by atoms with E-state index in [-0.39, 0.29) is 29.4 Å². The number of rotatable bonds is 6. The maximum absolute atomic E-state index is 11.6. The molecular weight excluding hydrogens is 308 g/mol. The molecule has 0 aliphatic heterocycles. The van der Waals surface area contributed by atoms with Crippen molar-refractivity contribution in [2.45, 2.75) is 13.8 Å². The number of halogens is 1. The zero-order valence-corrected chi connectivity index (χ0v) is 12.9. The fraction of sp³-hybridized carbons (Fsp3) is 0.267. The Labute approximate surface area is 133 Å². The highest BCUT2D eigenvalue weighted by atomic mass is 35.5. The molecule has 0 saturated carbocycles. The molecule has 0 radical (unpaired) electrons. The van der Waals surface area contributed by atoms with E-state index in [4.69, 9.17) is 26.3 Å². The van der Waals surface area contributed by atoms with Crippen molar-refractivity contribution in [1.29, 1.82) is 5.26 Å². The van der Waals surface area contributed by atoms with Crippen LogP contribution in [0.1, 0.15) is 24.2 Å². The summed E-state index contributed by atoms with van der Waals surface area (Å²) in [6.07, 6.45) is 1.22. The van der Waals surface area contributed by atoms with E-state index < -0.39 is 11.9 Å². The molecule has 0 fully saturated rings. The number of hydrogen-bond acceptors (Lipinski definition) is 6. The zero-order valence-electron chi connectivity index (χ0n) is 12.2. The summed E-state index contributed by atoms with van der Waals surface area (Å²) in [5.74, 6) is -1.23. The first kappa shape index (κ1) is 17.5. The van der Waals surface area contributed by atoms with Crippen LogP contribution >= 0.6 is 11.6 Å². The topological polar surface area (TPSA) is 88.4 Å². The van der Waals surface area contributed by atoms with Gasteiger partial charge < -0.3 is 14.8 Å². The number of nitrogens with one attached hydrogen (secondary N) is 1. The van der Waals surface area contributed by atoms with E-state index in [0.717, 1.165) is 0 Å². The Morgan fingerprint density at radius 3 is 2.55 bits per heavy atom. The number of hydrogen-bond donors (Lipinski definition) is 1. The van der Waals surface area contributed by atoms with Gasteiger partial charge in [0.05, 0.1) is 23.8 Å². The van der Waals surface area contributed by atoms with Crippen molar-refractivity contribution in [3.05, 3.63) is 40.6 Å². The second-order valence-electron chi connectivity index (χ2n) is 3.95. The quantitative estimate of drug-likeness (QED) is 0.492. The highest BCUT2D eigenvalue weighted by molar-refractivity contribution is 6.33. The lowest BCUT2D eigenvalue weighted by molar-refractivity contribution is -0.138. The van der Waals surface area contributed by atoms with E-state index >= 15 is 0 Å². The van der Waals surface area contributed by atoms with Crippen LogP contribution in [0.2, 0.25) is 5.02 Å². The molecule has 7 heteroatoms. The van der Waals surface area contributed by atoms with Gasteiger partial charge in [0.2, 0.25) is 0 Å². The molecule has 0 atom stereocenters. The van der Waals surface area contributed by atoms with Crippen LogP contribution in [0.3, 0.4) is 0 Å². The number of carbonyl (C=O) groups excluding carboxylic acids is 2. The van der Waals surface area contributed by atoms with E-state index in [9.17, 15) is 9.59 Å². The maximum Gasteiger partial charge on any atom is 0.350 e. The average Bonchev–Trinajstić information content (AvgIpc) is 2.48. The van der Waals surface area contributed by atoms with Crippen molar-refractivity contribution in [1.82, 2.24) is 0 Å². The van der Waals surface area contributed by atoms with Gasteiger partial charge in [0.15, 0.2) is 5.57 Å². The maximum atomic E-state index is 11.6. The van der Waals surface area contributed by atoms with Crippen LogP contribution in [0, 0.1) is 11.3 Å². The third-order valence-electron chi connectivity index (χ3n) is 2.46. The molecule has 0 saturated heterocycles. The van der Waals surface area contributed by atoms with Gasteiger partial charge in [-0.05, 0) is 32.0 Å². The van der Waals surface area contributed by atoms with Crippen LogP contribution in [0.5, 0.6) is 0 Å². The molecule has 1 N–H and O–H groups in total. The SMILES string of the molecule is CCOC(=O)/C(C#N)=C\Nc1ccc(C(=O)OCC)c(Cl)c1. The van der Waals surface area contributed by atoms with Gasteiger partial charge in [-0.15, -0.1) is 0 Å². The average molecular weight is 323 g/mol. The van der Waals surface area contributed by atoms with E-state index in [1.54, 1.807) is 26.0 Å². The number of carbonyl (C=O) groups is 2. The second kappa shape index (κ2) is 8.70. The third kappa shape index (κ3) is 4.79. The fourth-order valence-electron chi connectivity index (χ4n) is 1.48. The molecule has 0 heterocycles. The Balaban J connectivity index is 2.87. The number of benzene rings is 1. The predicted molar refractivity (Wildman–Crippen MR) is 81.4 cm³/mol. The van der Waals surface area contributed by atoms with E-state index in [1.807, 2.05) is 0 Å². The smallest absolute Gasteiger partial charge is 0.350 e. The first-order chi connectivity index (χ1) is 10.5. The van der Waals surface area contributed by atoms with Crippen LogP contribution in [-0.2, 0) is 14.3 Å². The van der Waals surface area contributed by atoms with Gasteiger partial charge in [-0.25, -0.2) is 9.59 Å². The first-order valence-electron chi connectivity index (χ1n) is 6.54. The van der Waals surface area contributed by atoms with E-state index in [0.29, 0.717) is 5.69 Å². The number of anilines is 1. The Hall–Kier alpha value is -2.52. The Kier molecular flexibility index (Phi) is 6.93. The van der Waals surface area contributed by atoms with Gasteiger partial charge in [-0.2, -0.15) is 5.26 Å². The lowest BCUT2D eigenvalue weighted by Gasteiger charge is -2.07. The van der Waals surface area contributed by atoms with Crippen molar-refractivity contribution < 1.29 is 19.1 Å². The molecule has 1 aromatic rings. The minimum Gasteiger partial charge on any atom is -0.462 e. The Bertz CT molecular complexity index is 635. The molecule has 0 amide bonds. The minimum atomic E-state index is -0.716. The fourth-order valence-corrected chi connectivity index (χ4v) is 1.74. The second-order valence-corrected chi connectivity index (χ2v) is 4.36. The molecule has 0 unspecified atom stereocenters. The predicted octanol–water partition coefficient (Wildman–Crippen LogP) is 2.90. The van der Waals surface area contributed by atoms with Crippen LogP contribution in [0.25, 0.3) is 0 Å². The number of nitriles is 1. The van der Waals surface area contributed by atoms with Crippen molar-refractivity contribution in [3.8, 4) is 6.07 Å². The molecule has 22 heavy (non-hydrogen) atoms. The summed E-state index contributed by atoms with van der Waals surface area (Å²) in [6, 6.07) is 6.30. The number of ether oxygens (including phenoxy) is 2.